The van der Waals surface area contributed by atoms with Gasteiger partial charge in [0.1, 0.15) is 11.9 Å². The monoisotopic (exact) mass is 368 g/mol. The Kier molecular flexibility index (Phi) is 8.48. The van der Waals surface area contributed by atoms with Gasteiger partial charge in [0, 0.05) is 17.8 Å². The van der Waals surface area contributed by atoms with Crippen LogP contribution < -0.4 is 0 Å². The molecule has 1 rings (SSSR count). The van der Waals surface area contributed by atoms with Crippen LogP contribution in [0.5, 0.6) is 0 Å². The number of aliphatic hydroxyl groups is 2. The predicted molar refractivity (Wildman–Crippen MR) is 101 cm³/mol. The number of rotatable bonds is 1. The van der Waals surface area contributed by atoms with Gasteiger partial charge in [-0.1, -0.05) is 40.7 Å². The molecule has 0 aromatic carbocycles. The fourth-order valence-corrected chi connectivity index (χ4v) is 3.92. The van der Waals surface area contributed by atoms with Gasteiger partial charge in [-0.25, -0.2) is 0 Å². The third kappa shape index (κ3) is 5.40. The molecule has 1 heterocycles. The van der Waals surface area contributed by atoms with Crippen LogP contribution in [0.1, 0.15) is 61.3 Å². The van der Waals surface area contributed by atoms with Gasteiger partial charge in [-0.3, -0.25) is 9.59 Å². The van der Waals surface area contributed by atoms with Crippen molar-refractivity contribution in [3.8, 4) is 0 Å². The van der Waals surface area contributed by atoms with Crippen LogP contribution in [0.2, 0.25) is 0 Å². The lowest BCUT2D eigenvalue weighted by atomic mass is 9.80. The van der Waals surface area contributed by atoms with Gasteiger partial charge in [0.2, 0.25) is 0 Å². The first kappa shape index (κ1) is 22.8. The second-order valence-electron chi connectivity index (χ2n) is 8.18. The summed E-state index contributed by atoms with van der Waals surface area (Å²) in [5.41, 5.74) is 0.716. The number of Topliss-reactive ketones (excluding diaryl/α,β-unsaturated/α-hetero) is 1. The van der Waals surface area contributed by atoms with Crippen molar-refractivity contribution in [2.75, 3.05) is 0 Å². The van der Waals surface area contributed by atoms with Crippen molar-refractivity contribution in [3.63, 3.8) is 0 Å². The summed E-state index contributed by atoms with van der Waals surface area (Å²) in [6.07, 6.45) is 0.808. The van der Waals surface area contributed by atoms with Gasteiger partial charge in [-0.05, 0) is 38.2 Å². The number of carbonyl (C=O) groups is 2. The van der Waals surface area contributed by atoms with Crippen molar-refractivity contribution in [1.29, 1.82) is 0 Å². The van der Waals surface area contributed by atoms with E-state index in [0.29, 0.717) is 18.4 Å². The number of ketones is 1. The molecule has 0 bridgehead atoms. The van der Waals surface area contributed by atoms with E-state index in [9.17, 15) is 19.8 Å². The van der Waals surface area contributed by atoms with Crippen LogP contribution in [0.3, 0.4) is 0 Å². The van der Waals surface area contributed by atoms with Crippen molar-refractivity contribution in [2.45, 2.75) is 79.6 Å². The van der Waals surface area contributed by atoms with Crippen molar-refractivity contribution < 1.29 is 24.5 Å². The highest BCUT2D eigenvalue weighted by atomic mass is 16.5. The van der Waals surface area contributed by atoms with E-state index >= 15 is 0 Å². The topological polar surface area (TPSA) is 83.8 Å². The summed E-state index contributed by atoms with van der Waals surface area (Å²) < 4.78 is 5.60. The second kappa shape index (κ2) is 9.65. The lowest BCUT2D eigenvalue weighted by Gasteiger charge is -2.32. The summed E-state index contributed by atoms with van der Waals surface area (Å²) in [6, 6.07) is 0. The van der Waals surface area contributed by atoms with E-state index < -0.39 is 36.1 Å². The van der Waals surface area contributed by atoms with E-state index in [0.717, 1.165) is 0 Å². The molecular weight excluding hydrogens is 332 g/mol. The summed E-state index contributed by atoms with van der Waals surface area (Å²) >= 11 is 0. The highest BCUT2D eigenvalue weighted by molar-refractivity contribution is 5.83. The fraction of sp³-hybridized carbons (Fsp3) is 0.810. The van der Waals surface area contributed by atoms with Gasteiger partial charge in [0.05, 0.1) is 18.1 Å². The SMILES string of the molecule is CC[C@H]1OC(=O)[C@H](C)[C@@H](O)/C(C)=C/[C@@H](C)C[C@@H](C)C(=O)[C@H](C)[C@@H](O)[C@H]1C. The quantitative estimate of drug-likeness (QED) is 0.549. The van der Waals surface area contributed by atoms with Crippen LogP contribution in [0, 0.1) is 29.6 Å². The number of aliphatic hydroxyl groups excluding tert-OH is 2. The zero-order valence-corrected chi connectivity index (χ0v) is 17.2. The minimum absolute atomic E-state index is 0.0226. The molecule has 26 heavy (non-hydrogen) atoms. The molecule has 0 saturated carbocycles. The maximum Gasteiger partial charge on any atom is 0.311 e. The van der Waals surface area contributed by atoms with Crippen molar-refractivity contribution >= 4 is 11.8 Å². The maximum absolute atomic E-state index is 12.7. The van der Waals surface area contributed by atoms with E-state index in [2.05, 4.69) is 0 Å². The Morgan fingerprint density at radius 1 is 1.08 bits per heavy atom. The standard InChI is InChI=1S/C21H36O5/c1-8-17-14(5)20(24)15(6)18(22)12(3)9-11(2)10-13(4)19(23)16(7)21(25)26-17/h10-12,14-17,19-20,23-24H,8-9H2,1-7H3/b13-10+/t11-,12+,14-,15-,16+,17+,19-,20-/m0/s1. The number of hydrogen-bond acceptors (Lipinski definition) is 5. The molecule has 0 amide bonds. The summed E-state index contributed by atoms with van der Waals surface area (Å²) in [4.78, 5) is 25.2. The fourth-order valence-electron chi connectivity index (χ4n) is 3.92. The van der Waals surface area contributed by atoms with E-state index in [1.54, 1.807) is 27.7 Å². The molecule has 1 aliphatic rings. The first-order chi connectivity index (χ1) is 12.0. The van der Waals surface area contributed by atoms with E-state index in [1.807, 2.05) is 26.8 Å². The van der Waals surface area contributed by atoms with Gasteiger partial charge in [-0.15, -0.1) is 0 Å². The summed E-state index contributed by atoms with van der Waals surface area (Å²) in [6.45, 7) is 12.8. The minimum atomic E-state index is -0.921. The molecule has 2 N–H and O–H groups in total. The number of carbonyl (C=O) groups excluding carboxylic acids is 2. The maximum atomic E-state index is 12.7. The molecule has 0 spiro atoms. The molecule has 1 aliphatic heterocycles. The smallest absolute Gasteiger partial charge is 0.311 e. The van der Waals surface area contributed by atoms with Crippen LogP contribution in [0.25, 0.3) is 0 Å². The van der Waals surface area contributed by atoms with Gasteiger partial charge in [-0.2, -0.15) is 0 Å². The molecule has 8 atom stereocenters. The molecule has 0 fully saturated rings. The summed E-state index contributed by atoms with van der Waals surface area (Å²) in [5, 5.41) is 21.2. The van der Waals surface area contributed by atoms with Crippen molar-refractivity contribution in [1.82, 2.24) is 0 Å². The van der Waals surface area contributed by atoms with Gasteiger partial charge < -0.3 is 14.9 Å². The largest absolute Gasteiger partial charge is 0.462 e. The summed E-state index contributed by atoms with van der Waals surface area (Å²) in [5.74, 6) is -2.13. The first-order valence-corrected chi connectivity index (χ1v) is 9.79. The molecule has 0 aromatic heterocycles. The third-order valence-electron chi connectivity index (χ3n) is 5.83. The Morgan fingerprint density at radius 2 is 1.65 bits per heavy atom. The van der Waals surface area contributed by atoms with Crippen LogP contribution in [0.4, 0.5) is 0 Å². The molecular formula is C21H36O5. The van der Waals surface area contributed by atoms with Gasteiger partial charge >= 0.3 is 5.97 Å². The number of ether oxygens (including phenoxy) is 1. The highest BCUT2D eigenvalue weighted by Crippen LogP contribution is 2.28. The van der Waals surface area contributed by atoms with E-state index in [1.165, 1.54) is 0 Å². The Hall–Kier alpha value is -1.20. The Bertz CT molecular complexity index is 526. The molecule has 150 valence electrons. The molecule has 5 heteroatoms. The predicted octanol–water partition coefficient (Wildman–Crippen LogP) is 3.13. The molecule has 0 saturated heterocycles. The van der Waals surface area contributed by atoms with Gasteiger partial charge in [0.25, 0.3) is 0 Å². The van der Waals surface area contributed by atoms with Gasteiger partial charge in [0.15, 0.2) is 0 Å². The zero-order valence-electron chi connectivity index (χ0n) is 17.2. The van der Waals surface area contributed by atoms with Crippen molar-refractivity contribution in [3.05, 3.63) is 11.6 Å². The first-order valence-electron chi connectivity index (χ1n) is 9.79. The number of cyclic esters (lactones) is 1. The molecule has 0 aliphatic carbocycles. The number of esters is 1. The lowest BCUT2D eigenvalue weighted by Crippen LogP contribution is -2.42. The van der Waals surface area contributed by atoms with Crippen molar-refractivity contribution in [2.24, 2.45) is 29.6 Å². The van der Waals surface area contributed by atoms with Crippen LogP contribution >= 0.6 is 0 Å². The zero-order chi connectivity index (χ0) is 20.2. The number of hydrogen-bond donors (Lipinski definition) is 2. The molecule has 0 aromatic rings. The van der Waals surface area contributed by atoms with E-state index in [-0.39, 0.29) is 23.5 Å². The minimum Gasteiger partial charge on any atom is -0.462 e. The summed E-state index contributed by atoms with van der Waals surface area (Å²) in [7, 11) is 0. The molecule has 5 nitrogen and oxygen atoms in total. The highest BCUT2D eigenvalue weighted by Gasteiger charge is 2.36. The lowest BCUT2D eigenvalue weighted by molar-refractivity contribution is -0.162. The Labute approximate surface area is 157 Å². The van der Waals surface area contributed by atoms with E-state index in [4.69, 9.17) is 4.74 Å². The van der Waals surface area contributed by atoms with Crippen LogP contribution in [-0.4, -0.2) is 40.3 Å². The van der Waals surface area contributed by atoms with Crippen LogP contribution in [0.15, 0.2) is 11.6 Å². The third-order valence-corrected chi connectivity index (χ3v) is 5.83. The normalized spacial score (nSPS) is 43.2. The van der Waals surface area contributed by atoms with Crippen LogP contribution in [-0.2, 0) is 14.3 Å². The molecule has 0 unspecified atom stereocenters. The molecule has 0 radical (unpaired) electrons. The average molecular weight is 369 g/mol. The Balaban J connectivity index is 3.24. The average Bonchev–Trinajstić information content (AvgIpc) is 2.60. The number of allylic oxidation sites excluding steroid dienone is 1. The second-order valence-corrected chi connectivity index (χ2v) is 8.18. The Morgan fingerprint density at radius 3 is 2.19 bits per heavy atom.